The highest BCUT2D eigenvalue weighted by Gasteiger charge is 2.18. The first-order chi connectivity index (χ1) is 10.3. The second kappa shape index (κ2) is 5.97. The van der Waals surface area contributed by atoms with Gasteiger partial charge in [-0.15, -0.1) is 0 Å². The number of nitrogens with zero attached hydrogens (tertiary/aromatic N) is 1. The predicted octanol–water partition coefficient (Wildman–Crippen LogP) is 3.28. The van der Waals surface area contributed by atoms with Gasteiger partial charge in [-0.1, -0.05) is 11.2 Å². The van der Waals surface area contributed by atoms with E-state index >= 15 is 0 Å². The summed E-state index contributed by atoms with van der Waals surface area (Å²) in [4.78, 5) is 11.8. The molecule has 7 heteroatoms. The predicted molar refractivity (Wildman–Crippen MR) is 82.8 cm³/mol. The van der Waals surface area contributed by atoms with E-state index in [9.17, 15) is 4.79 Å². The zero-order chi connectivity index (χ0) is 16.3. The molecule has 1 aromatic heterocycles. The Labute approximate surface area is 128 Å². The smallest absolute Gasteiger partial charge is 0.412 e. The molecule has 7 nitrogen and oxygen atoms in total. The summed E-state index contributed by atoms with van der Waals surface area (Å²) in [6.45, 7) is 5.38. The van der Waals surface area contributed by atoms with Gasteiger partial charge in [0.2, 0.25) is 5.88 Å². The second-order valence-electron chi connectivity index (χ2n) is 5.65. The number of nitrogen functional groups attached to an aromatic ring is 1. The maximum atomic E-state index is 11.8. The van der Waals surface area contributed by atoms with E-state index in [1.54, 1.807) is 39.0 Å². The molecule has 0 radical (unpaired) electrons. The first-order valence-corrected chi connectivity index (χ1v) is 6.69. The molecule has 118 valence electrons. The molecule has 0 atom stereocenters. The number of anilines is 2. The Morgan fingerprint density at radius 3 is 2.64 bits per heavy atom. The molecule has 0 aliphatic rings. The van der Waals surface area contributed by atoms with Crippen LogP contribution in [0.2, 0.25) is 0 Å². The third kappa shape index (κ3) is 3.69. The number of ether oxygens (including phenoxy) is 2. The van der Waals surface area contributed by atoms with Gasteiger partial charge in [-0.3, -0.25) is 5.32 Å². The Bertz CT molecular complexity index is 674. The van der Waals surface area contributed by atoms with Gasteiger partial charge in [0.05, 0.1) is 24.6 Å². The van der Waals surface area contributed by atoms with Crippen LogP contribution >= 0.6 is 0 Å². The number of carbonyl (C=O) groups is 1. The highest BCUT2D eigenvalue weighted by Crippen LogP contribution is 2.33. The fourth-order valence-electron chi connectivity index (χ4n) is 1.84. The lowest BCUT2D eigenvalue weighted by molar-refractivity contribution is 0.0635. The Morgan fingerprint density at radius 1 is 1.36 bits per heavy atom. The average molecular weight is 305 g/mol. The van der Waals surface area contributed by atoms with Crippen molar-refractivity contribution in [2.45, 2.75) is 26.4 Å². The van der Waals surface area contributed by atoms with Crippen LogP contribution in [0.3, 0.4) is 0 Å². The Morgan fingerprint density at radius 2 is 2.09 bits per heavy atom. The van der Waals surface area contributed by atoms with Crippen LogP contribution in [-0.4, -0.2) is 24.0 Å². The monoisotopic (exact) mass is 305 g/mol. The highest BCUT2D eigenvalue weighted by molar-refractivity contribution is 5.88. The lowest BCUT2D eigenvalue weighted by Crippen LogP contribution is -2.27. The number of benzene rings is 1. The molecule has 2 aromatic rings. The molecule has 0 spiro atoms. The van der Waals surface area contributed by atoms with E-state index in [4.69, 9.17) is 19.7 Å². The first kappa shape index (κ1) is 15.7. The van der Waals surface area contributed by atoms with E-state index in [0.717, 1.165) is 5.56 Å². The van der Waals surface area contributed by atoms with E-state index in [-0.39, 0.29) is 5.88 Å². The molecule has 0 aliphatic carbocycles. The minimum atomic E-state index is -0.575. The van der Waals surface area contributed by atoms with Crippen LogP contribution in [0.1, 0.15) is 20.8 Å². The molecule has 3 N–H and O–H groups in total. The van der Waals surface area contributed by atoms with Crippen molar-refractivity contribution in [3.63, 3.8) is 0 Å². The SMILES string of the molecule is COc1cc(-c2cnoc2N)ccc1NC(=O)OC(C)(C)C. The number of methoxy groups -OCH3 is 1. The summed E-state index contributed by atoms with van der Waals surface area (Å²) in [5.41, 5.74) is 7.04. The summed E-state index contributed by atoms with van der Waals surface area (Å²) in [7, 11) is 1.51. The number of nitrogens with one attached hydrogen (secondary N) is 1. The maximum absolute atomic E-state index is 11.8. The lowest BCUT2D eigenvalue weighted by atomic mass is 10.1. The summed E-state index contributed by atoms with van der Waals surface area (Å²) in [5, 5.41) is 6.28. The Balaban J connectivity index is 2.23. The van der Waals surface area contributed by atoms with Crippen molar-refractivity contribution in [3.8, 4) is 16.9 Å². The van der Waals surface area contributed by atoms with Crippen molar-refractivity contribution >= 4 is 17.7 Å². The minimum absolute atomic E-state index is 0.218. The number of rotatable bonds is 3. The molecule has 0 saturated heterocycles. The van der Waals surface area contributed by atoms with Crippen LogP contribution in [0.15, 0.2) is 28.9 Å². The molecular formula is C15H19N3O4. The number of aromatic nitrogens is 1. The first-order valence-electron chi connectivity index (χ1n) is 6.69. The summed E-state index contributed by atoms with van der Waals surface area (Å²) >= 11 is 0. The largest absolute Gasteiger partial charge is 0.495 e. The fraction of sp³-hybridized carbons (Fsp3) is 0.333. The van der Waals surface area contributed by atoms with Crippen LogP contribution in [-0.2, 0) is 4.74 Å². The zero-order valence-electron chi connectivity index (χ0n) is 13.0. The van der Waals surface area contributed by atoms with Crippen molar-refractivity contribution < 1.29 is 18.8 Å². The molecule has 0 saturated carbocycles. The van der Waals surface area contributed by atoms with Crippen molar-refractivity contribution in [3.05, 3.63) is 24.4 Å². The van der Waals surface area contributed by atoms with Gasteiger partial charge in [0.15, 0.2) is 0 Å². The summed E-state index contributed by atoms with van der Waals surface area (Å²) in [6, 6.07) is 5.21. The van der Waals surface area contributed by atoms with Crippen LogP contribution in [0.5, 0.6) is 5.75 Å². The number of hydrogen-bond donors (Lipinski definition) is 2. The quantitative estimate of drug-likeness (QED) is 0.902. The van der Waals surface area contributed by atoms with E-state index in [2.05, 4.69) is 10.5 Å². The van der Waals surface area contributed by atoms with E-state index in [1.165, 1.54) is 13.3 Å². The Hall–Kier alpha value is -2.70. The van der Waals surface area contributed by atoms with Crippen LogP contribution in [0, 0.1) is 0 Å². The van der Waals surface area contributed by atoms with Gasteiger partial charge in [-0.25, -0.2) is 4.79 Å². The van der Waals surface area contributed by atoms with E-state index < -0.39 is 11.7 Å². The van der Waals surface area contributed by atoms with Crippen LogP contribution < -0.4 is 15.8 Å². The highest BCUT2D eigenvalue weighted by atomic mass is 16.6. The third-order valence-electron chi connectivity index (χ3n) is 2.75. The number of carbonyl (C=O) groups excluding carboxylic acids is 1. The molecule has 2 rings (SSSR count). The summed E-state index contributed by atoms with van der Waals surface area (Å²) < 4.78 is 15.3. The molecule has 1 heterocycles. The zero-order valence-corrected chi connectivity index (χ0v) is 13.0. The normalized spacial score (nSPS) is 11.1. The number of nitrogens with two attached hydrogens (primary N) is 1. The van der Waals surface area contributed by atoms with E-state index in [0.29, 0.717) is 17.0 Å². The molecule has 0 unspecified atom stereocenters. The summed E-state index contributed by atoms with van der Waals surface area (Å²) in [5.74, 6) is 0.693. The minimum Gasteiger partial charge on any atom is -0.495 e. The topological polar surface area (TPSA) is 99.6 Å². The standard InChI is InChI=1S/C15H19N3O4/c1-15(2,3)21-14(19)18-11-6-5-9(7-12(11)20-4)10-8-17-22-13(10)16/h5-8H,16H2,1-4H3,(H,18,19). The van der Waals surface area contributed by atoms with Crippen molar-refractivity contribution in [2.75, 3.05) is 18.2 Å². The molecule has 22 heavy (non-hydrogen) atoms. The van der Waals surface area contributed by atoms with E-state index in [1.807, 2.05) is 0 Å². The third-order valence-corrected chi connectivity index (χ3v) is 2.75. The Kier molecular flexibility index (Phi) is 4.25. The van der Waals surface area contributed by atoms with Gasteiger partial charge in [-0.05, 0) is 38.5 Å². The van der Waals surface area contributed by atoms with Crippen molar-refractivity contribution in [1.82, 2.24) is 5.16 Å². The molecule has 0 aliphatic heterocycles. The van der Waals surface area contributed by atoms with Gasteiger partial charge in [0.1, 0.15) is 11.4 Å². The molecule has 1 aromatic carbocycles. The second-order valence-corrected chi connectivity index (χ2v) is 5.65. The van der Waals surface area contributed by atoms with Crippen molar-refractivity contribution in [2.24, 2.45) is 0 Å². The molecule has 1 amide bonds. The van der Waals surface area contributed by atoms with Crippen LogP contribution in [0.25, 0.3) is 11.1 Å². The maximum Gasteiger partial charge on any atom is 0.412 e. The average Bonchev–Trinajstić information content (AvgIpc) is 2.83. The van der Waals surface area contributed by atoms with Crippen molar-refractivity contribution in [1.29, 1.82) is 0 Å². The van der Waals surface area contributed by atoms with Gasteiger partial charge >= 0.3 is 6.09 Å². The molecule has 0 fully saturated rings. The van der Waals surface area contributed by atoms with Gasteiger partial charge in [0, 0.05) is 0 Å². The van der Waals surface area contributed by atoms with Gasteiger partial charge in [0.25, 0.3) is 0 Å². The molecular weight excluding hydrogens is 286 g/mol. The fourth-order valence-corrected chi connectivity index (χ4v) is 1.84. The number of hydrogen-bond acceptors (Lipinski definition) is 6. The molecule has 0 bridgehead atoms. The number of amides is 1. The van der Waals surface area contributed by atoms with Gasteiger partial charge in [-0.2, -0.15) is 0 Å². The van der Waals surface area contributed by atoms with Gasteiger partial charge < -0.3 is 19.7 Å². The van der Waals surface area contributed by atoms with Crippen LogP contribution in [0.4, 0.5) is 16.4 Å². The summed E-state index contributed by atoms with van der Waals surface area (Å²) in [6.07, 6.45) is 0.966. The lowest BCUT2D eigenvalue weighted by Gasteiger charge is -2.20.